The molecule has 0 spiro atoms. The normalized spacial score (nSPS) is 16.4. The lowest BCUT2D eigenvalue weighted by molar-refractivity contribution is -0.137. The third-order valence-electron chi connectivity index (χ3n) is 3.86. The van der Waals surface area contributed by atoms with Crippen LogP contribution in [0.1, 0.15) is 37.7 Å². The molecule has 2 rings (SSSR count). The number of carbonyl (C=O) groups is 2. The van der Waals surface area contributed by atoms with E-state index in [4.69, 9.17) is 6.42 Å². The van der Waals surface area contributed by atoms with Gasteiger partial charge in [0.25, 0.3) is 0 Å². The molecule has 1 aliphatic rings. The van der Waals surface area contributed by atoms with E-state index < -0.39 is 17.4 Å². The highest BCUT2D eigenvalue weighted by atomic mass is 16.3. The number of benzene rings is 1. The second-order valence-corrected chi connectivity index (χ2v) is 5.65. The van der Waals surface area contributed by atoms with Crippen molar-refractivity contribution in [2.75, 3.05) is 11.9 Å². The highest BCUT2D eigenvalue weighted by molar-refractivity contribution is 6.39. The molecule has 22 heavy (non-hydrogen) atoms. The van der Waals surface area contributed by atoms with Crippen LogP contribution in [0.15, 0.2) is 24.3 Å². The maximum Gasteiger partial charge on any atom is 0.313 e. The average Bonchev–Trinajstić information content (AvgIpc) is 2.53. The molecular formula is C17H20N2O3. The molecule has 5 nitrogen and oxygen atoms in total. The molecule has 1 fully saturated rings. The minimum atomic E-state index is -0.891. The van der Waals surface area contributed by atoms with Crippen LogP contribution in [0.3, 0.4) is 0 Å². The molecule has 0 heterocycles. The van der Waals surface area contributed by atoms with Crippen molar-refractivity contribution in [2.45, 2.75) is 37.7 Å². The summed E-state index contributed by atoms with van der Waals surface area (Å²) in [5.41, 5.74) is 0.194. The Morgan fingerprint density at radius 1 is 1.23 bits per heavy atom. The SMILES string of the molecule is C#Cc1cccc(NC(=O)C(=O)NCC2(O)CCCCC2)c1. The van der Waals surface area contributed by atoms with Crippen LogP contribution < -0.4 is 10.6 Å². The van der Waals surface area contributed by atoms with E-state index in [-0.39, 0.29) is 6.54 Å². The summed E-state index contributed by atoms with van der Waals surface area (Å²) in [4.78, 5) is 23.6. The van der Waals surface area contributed by atoms with Crippen molar-refractivity contribution in [2.24, 2.45) is 0 Å². The molecule has 0 aromatic heterocycles. The lowest BCUT2D eigenvalue weighted by Crippen LogP contribution is -2.47. The maximum absolute atomic E-state index is 11.8. The van der Waals surface area contributed by atoms with E-state index in [1.54, 1.807) is 24.3 Å². The lowest BCUT2D eigenvalue weighted by atomic mass is 9.85. The Hall–Kier alpha value is -2.32. The lowest BCUT2D eigenvalue weighted by Gasteiger charge is -2.31. The number of nitrogens with one attached hydrogen (secondary N) is 2. The van der Waals surface area contributed by atoms with Crippen molar-refractivity contribution in [3.05, 3.63) is 29.8 Å². The Morgan fingerprint density at radius 2 is 1.95 bits per heavy atom. The third kappa shape index (κ3) is 4.34. The zero-order valence-corrected chi connectivity index (χ0v) is 12.4. The molecule has 1 aromatic rings. The summed E-state index contributed by atoms with van der Waals surface area (Å²) in [7, 11) is 0. The summed E-state index contributed by atoms with van der Waals surface area (Å²) in [5.74, 6) is 0.929. The number of hydrogen-bond donors (Lipinski definition) is 3. The van der Waals surface area contributed by atoms with Gasteiger partial charge in [-0.05, 0) is 31.0 Å². The summed E-state index contributed by atoms with van der Waals surface area (Å²) in [5, 5.41) is 15.3. The molecule has 1 saturated carbocycles. The molecule has 1 aliphatic carbocycles. The van der Waals surface area contributed by atoms with Crippen LogP contribution in [-0.2, 0) is 9.59 Å². The quantitative estimate of drug-likeness (QED) is 0.583. The Morgan fingerprint density at radius 3 is 2.64 bits per heavy atom. The maximum atomic E-state index is 11.8. The summed E-state index contributed by atoms with van der Waals surface area (Å²) in [6.07, 6.45) is 9.57. The van der Waals surface area contributed by atoms with Gasteiger partial charge in [-0.15, -0.1) is 6.42 Å². The van der Waals surface area contributed by atoms with Gasteiger partial charge in [-0.1, -0.05) is 31.2 Å². The highest BCUT2D eigenvalue weighted by Gasteiger charge is 2.30. The summed E-state index contributed by atoms with van der Waals surface area (Å²) >= 11 is 0. The Labute approximate surface area is 130 Å². The first kappa shape index (κ1) is 16.1. The van der Waals surface area contributed by atoms with Crippen LogP contribution in [0.2, 0.25) is 0 Å². The van der Waals surface area contributed by atoms with Gasteiger partial charge < -0.3 is 15.7 Å². The van der Waals surface area contributed by atoms with Gasteiger partial charge in [0.05, 0.1) is 5.60 Å². The molecule has 0 radical (unpaired) electrons. The van der Waals surface area contributed by atoms with Crippen LogP contribution in [0.5, 0.6) is 0 Å². The zero-order valence-electron chi connectivity index (χ0n) is 12.4. The van der Waals surface area contributed by atoms with Gasteiger partial charge in [0.15, 0.2) is 0 Å². The molecule has 116 valence electrons. The molecule has 0 bridgehead atoms. The van der Waals surface area contributed by atoms with Crippen LogP contribution in [0.4, 0.5) is 5.69 Å². The van der Waals surface area contributed by atoms with Crippen molar-refractivity contribution >= 4 is 17.5 Å². The molecule has 3 N–H and O–H groups in total. The summed E-state index contributed by atoms with van der Waals surface area (Å²) in [6.45, 7) is 0.101. The number of hydrogen-bond acceptors (Lipinski definition) is 3. The first-order valence-corrected chi connectivity index (χ1v) is 7.41. The highest BCUT2D eigenvalue weighted by Crippen LogP contribution is 2.27. The fourth-order valence-electron chi connectivity index (χ4n) is 2.59. The van der Waals surface area contributed by atoms with Gasteiger partial charge in [-0.2, -0.15) is 0 Å². The van der Waals surface area contributed by atoms with Crippen LogP contribution in [0, 0.1) is 12.3 Å². The van der Waals surface area contributed by atoms with Crippen molar-refractivity contribution < 1.29 is 14.7 Å². The molecular weight excluding hydrogens is 280 g/mol. The van der Waals surface area contributed by atoms with Crippen LogP contribution in [0.25, 0.3) is 0 Å². The van der Waals surface area contributed by atoms with Gasteiger partial charge in [-0.25, -0.2) is 0 Å². The summed E-state index contributed by atoms with van der Waals surface area (Å²) in [6, 6.07) is 6.70. The summed E-state index contributed by atoms with van der Waals surface area (Å²) < 4.78 is 0. The number of rotatable bonds is 3. The van der Waals surface area contributed by atoms with Crippen molar-refractivity contribution in [1.29, 1.82) is 0 Å². The minimum Gasteiger partial charge on any atom is -0.388 e. The molecule has 0 atom stereocenters. The third-order valence-corrected chi connectivity index (χ3v) is 3.86. The number of carbonyl (C=O) groups excluding carboxylic acids is 2. The van der Waals surface area contributed by atoms with Gasteiger partial charge in [-0.3, -0.25) is 9.59 Å². The average molecular weight is 300 g/mol. The van der Waals surface area contributed by atoms with Gasteiger partial charge in [0.1, 0.15) is 0 Å². The monoisotopic (exact) mass is 300 g/mol. The molecule has 5 heteroatoms. The predicted molar refractivity (Wildman–Crippen MR) is 84.1 cm³/mol. The van der Waals surface area contributed by atoms with E-state index in [0.29, 0.717) is 24.1 Å². The fourth-order valence-corrected chi connectivity index (χ4v) is 2.59. The number of amides is 2. The zero-order chi connectivity index (χ0) is 16.0. The van der Waals surface area contributed by atoms with E-state index in [2.05, 4.69) is 16.6 Å². The van der Waals surface area contributed by atoms with E-state index in [1.807, 2.05) is 0 Å². The largest absolute Gasteiger partial charge is 0.388 e. The van der Waals surface area contributed by atoms with E-state index in [1.165, 1.54) is 0 Å². The second kappa shape index (κ2) is 7.10. The van der Waals surface area contributed by atoms with Gasteiger partial charge in [0, 0.05) is 17.8 Å². The number of anilines is 1. The molecule has 1 aromatic carbocycles. The topological polar surface area (TPSA) is 78.4 Å². The van der Waals surface area contributed by atoms with Gasteiger partial charge in [0.2, 0.25) is 0 Å². The Kier molecular flexibility index (Phi) is 5.18. The Bertz CT molecular complexity index is 598. The predicted octanol–water partition coefficient (Wildman–Crippen LogP) is 1.42. The standard InChI is InChI=1S/C17H20N2O3/c1-2-13-7-6-8-14(11-13)19-16(21)15(20)18-12-17(22)9-4-3-5-10-17/h1,6-8,11,22H,3-5,9-10,12H2,(H,18,20)(H,19,21). The number of aliphatic hydroxyl groups is 1. The second-order valence-electron chi connectivity index (χ2n) is 5.65. The fraction of sp³-hybridized carbons (Fsp3) is 0.412. The number of terminal acetylenes is 1. The molecule has 0 saturated heterocycles. The molecule has 0 unspecified atom stereocenters. The minimum absolute atomic E-state index is 0.101. The van der Waals surface area contributed by atoms with Gasteiger partial charge >= 0.3 is 11.8 Å². The Balaban J connectivity index is 1.86. The van der Waals surface area contributed by atoms with Crippen molar-refractivity contribution in [1.82, 2.24) is 5.32 Å². The molecule has 0 aliphatic heterocycles. The van der Waals surface area contributed by atoms with E-state index >= 15 is 0 Å². The van der Waals surface area contributed by atoms with E-state index in [9.17, 15) is 14.7 Å². The first-order valence-electron chi connectivity index (χ1n) is 7.41. The van der Waals surface area contributed by atoms with E-state index in [0.717, 1.165) is 19.3 Å². The van der Waals surface area contributed by atoms with Crippen molar-refractivity contribution in [3.8, 4) is 12.3 Å². The van der Waals surface area contributed by atoms with Crippen LogP contribution >= 0.6 is 0 Å². The van der Waals surface area contributed by atoms with Crippen molar-refractivity contribution in [3.63, 3.8) is 0 Å². The smallest absolute Gasteiger partial charge is 0.313 e. The van der Waals surface area contributed by atoms with Crippen LogP contribution in [-0.4, -0.2) is 29.1 Å². The first-order chi connectivity index (χ1) is 10.5. The molecule has 2 amide bonds.